The van der Waals surface area contributed by atoms with Crippen LogP contribution in [0.1, 0.15) is 45.5 Å². The van der Waals surface area contributed by atoms with E-state index in [9.17, 15) is 9.59 Å². The van der Waals surface area contributed by atoms with Gasteiger partial charge in [-0.25, -0.2) is 4.79 Å². The molecule has 0 radical (unpaired) electrons. The molecule has 32 heavy (non-hydrogen) atoms. The summed E-state index contributed by atoms with van der Waals surface area (Å²) in [5, 5.41) is 13.1. The second kappa shape index (κ2) is 11.2. The molecule has 0 bridgehead atoms. The maximum Gasteiger partial charge on any atom is 0.337 e. The van der Waals surface area contributed by atoms with Crippen molar-refractivity contribution in [2.75, 3.05) is 26.2 Å². The number of carboxylic acid groups (broad SMARTS) is 1. The minimum atomic E-state index is -1.16. The van der Waals surface area contributed by atoms with Crippen molar-refractivity contribution in [1.82, 2.24) is 10.2 Å². The highest BCUT2D eigenvalue weighted by atomic mass is 35.5. The number of benzene rings is 2. The van der Waals surface area contributed by atoms with Crippen LogP contribution in [-0.4, -0.2) is 54.2 Å². The first-order valence-corrected chi connectivity index (χ1v) is 11.5. The standard InChI is InChI=1S/C23H25Cl3N2O4/c1-14-20(6-5-19(25)21(14)26)32-16-7-11-28(12-8-16)10-2-9-27-22(29)15-3-4-18(24)17(13-15)23(30)31/h3-6,13,16H,2,7-12H2,1H3,(H,27,29)(H,30,31). The number of hydrogen-bond acceptors (Lipinski definition) is 4. The monoisotopic (exact) mass is 498 g/mol. The van der Waals surface area contributed by atoms with Crippen LogP contribution in [0.4, 0.5) is 0 Å². The van der Waals surface area contributed by atoms with E-state index in [0.29, 0.717) is 16.6 Å². The number of likely N-dealkylation sites (tertiary alicyclic amines) is 1. The molecule has 172 valence electrons. The third-order valence-electron chi connectivity index (χ3n) is 5.51. The molecule has 9 heteroatoms. The van der Waals surface area contributed by atoms with Gasteiger partial charge in [0.1, 0.15) is 11.9 Å². The second-order valence-electron chi connectivity index (χ2n) is 7.75. The van der Waals surface area contributed by atoms with Crippen molar-refractivity contribution >= 4 is 46.7 Å². The molecule has 1 aliphatic rings. The van der Waals surface area contributed by atoms with Gasteiger partial charge < -0.3 is 20.1 Å². The highest BCUT2D eigenvalue weighted by Crippen LogP contribution is 2.33. The molecule has 1 saturated heterocycles. The van der Waals surface area contributed by atoms with Gasteiger partial charge in [0.25, 0.3) is 5.91 Å². The average Bonchev–Trinajstić information content (AvgIpc) is 2.78. The number of nitrogens with zero attached hydrogens (tertiary/aromatic N) is 1. The van der Waals surface area contributed by atoms with Crippen molar-refractivity contribution in [1.29, 1.82) is 0 Å². The van der Waals surface area contributed by atoms with Crippen molar-refractivity contribution in [3.05, 3.63) is 62.1 Å². The number of rotatable bonds is 8. The number of carbonyl (C=O) groups excluding carboxylic acids is 1. The fourth-order valence-corrected chi connectivity index (χ4v) is 4.19. The summed E-state index contributed by atoms with van der Waals surface area (Å²) in [7, 11) is 0. The first-order chi connectivity index (χ1) is 15.3. The van der Waals surface area contributed by atoms with Crippen LogP contribution < -0.4 is 10.1 Å². The molecule has 0 spiro atoms. The van der Waals surface area contributed by atoms with Gasteiger partial charge in [0.2, 0.25) is 0 Å². The Morgan fingerprint density at radius 1 is 1.12 bits per heavy atom. The molecule has 1 heterocycles. The maximum absolute atomic E-state index is 12.3. The SMILES string of the molecule is Cc1c(OC2CCN(CCCNC(=O)c3ccc(Cl)c(C(=O)O)c3)CC2)ccc(Cl)c1Cl. The summed E-state index contributed by atoms with van der Waals surface area (Å²) >= 11 is 18.1. The zero-order chi connectivity index (χ0) is 23.3. The molecule has 0 atom stereocenters. The Morgan fingerprint density at radius 2 is 1.81 bits per heavy atom. The molecule has 0 aromatic heterocycles. The number of amides is 1. The summed E-state index contributed by atoms with van der Waals surface area (Å²) in [6.45, 7) is 5.10. The fraction of sp³-hybridized carbons (Fsp3) is 0.391. The third kappa shape index (κ3) is 6.29. The van der Waals surface area contributed by atoms with Crippen LogP contribution in [0.3, 0.4) is 0 Å². The summed E-state index contributed by atoms with van der Waals surface area (Å²) in [5.74, 6) is -0.701. The van der Waals surface area contributed by atoms with Crippen LogP contribution in [0.5, 0.6) is 5.75 Å². The number of carbonyl (C=O) groups is 2. The van der Waals surface area contributed by atoms with E-state index in [4.69, 9.17) is 44.6 Å². The van der Waals surface area contributed by atoms with Crippen LogP contribution in [0, 0.1) is 6.92 Å². The Bertz CT molecular complexity index is 991. The van der Waals surface area contributed by atoms with E-state index in [1.165, 1.54) is 18.2 Å². The van der Waals surface area contributed by atoms with Gasteiger partial charge in [-0.3, -0.25) is 4.79 Å². The third-order valence-corrected chi connectivity index (χ3v) is 6.74. The smallest absolute Gasteiger partial charge is 0.337 e. The van der Waals surface area contributed by atoms with Crippen LogP contribution in [-0.2, 0) is 0 Å². The molecule has 2 aromatic carbocycles. The zero-order valence-electron chi connectivity index (χ0n) is 17.7. The molecule has 0 saturated carbocycles. The zero-order valence-corrected chi connectivity index (χ0v) is 19.9. The van der Waals surface area contributed by atoms with Crippen molar-refractivity contribution in [2.24, 2.45) is 0 Å². The van der Waals surface area contributed by atoms with Crippen LogP contribution in [0.2, 0.25) is 15.1 Å². The van der Waals surface area contributed by atoms with Crippen LogP contribution in [0.15, 0.2) is 30.3 Å². The Morgan fingerprint density at radius 3 is 2.50 bits per heavy atom. The van der Waals surface area contributed by atoms with Crippen molar-refractivity contribution < 1.29 is 19.4 Å². The molecular formula is C23H25Cl3N2O4. The minimum Gasteiger partial charge on any atom is -0.490 e. The predicted molar refractivity (Wildman–Crippen MR) is 127 cm³/mol. The summed E-state index contributed by atoms with van der Waals surface area (Å²) in [4.78, 5) is 25.8. The lowest BCUT2D eigenvalue weighted by Crippen LogP contribution is -2.39. The highest BCUT2D eigenvalue weighted by Gasteiger charge is 2.21. The molecule has 2 aromatic rings. The first kappa shape index (κ1) is 24.6. The molecule has 2 N–H and O–H groups in total. The maximum atomic E-state index is 12.3. The highest BCUT2D eigenvalue weighted by molar-refractivity contribution is 6.42. The van der Waals surface area contributed by atoms with Crippen molar-refractivity contribution in [3.8, 4) is 5.75 Å². The number of carboxylic acids is 1. The van der Waals surface area contributed by atoms with Gasteiger partial charge in [0.15, 0.2) is 0 Å². The van der Waals surface area contributed by atoms with Gasteiger partial charge in [-0.2, -0.15) is 0 Å². The number of ether oxygens (including phenoxy) is 1. The number of hydrogen-bond donors (Lipinski definition) is 2. The van der Waals surface area contributed by atoms with E-state index >= 15 is 0 Å². The van der Waals surface area contributed by atoms with Crippen molar-refractivity contribution in [2.45, 2.75) is 32.3 Å². The Labute approximate surface area is 202 Å². The lowest BCUT2D eigenvalue weighted by atomic mass is 10.1. The number of piperidine rings is 1. The summed E-state index contributed by atoms with van der Waals surface area (Å²) in [5.41, 5.74) is 1.05. The minimum absolute atomic E-state index is 0.0829. The van der Waals surface area contributed by atoms with Gasteiger partial charge >= 0.3 is 5.97 Å². The van der Waals surface area contributed by atoms with E-state index in [0.717, 1.165) is 50.2 Å². The van der Waals surface area contributed by atoms with Gasteiger partial charge in [-0.1, -0.05) is 34.8 Å². The van der Waals surface area contributed by atoms with Crippen molar-refractivity contribution in [3.63, 3.8) is 0 Å². The molecule has 1 aliphatic heterocycles. The van der Waals surface area contributed by atoms with E-state index < -0.39 is 5.97 Å². The molecule has 1 fully saturated rings. The Balaban J connectivity index is 1.39. The van der Waals surface area contributed by atoms with Crippen LogP contribution in [0.25, 0.3) is 0 Å². The predicted octanol–water partition coefficient (Wildman–Crippen LogP) is 5.32. The Kier molecular flexibility index (Phi) is 8.65. The fourth-order valence-electron chi connectivity index (χ4n) is 3.63. The number of halogens is 3. The molecule has 0 aliphatic carbocycles. The largest absolute Gasteiger partial charge is 0.490 e. The van der Waals surface area contributed by atoms with Gasteiger partial charge in [0, 0.05) is 30.8 Å². The quantitative estimate of drug-likeness (QED) is 0.481. The second-order valence-corrected chi connectivity index (χ2v) is 8.94. The van der Waals surface area contributed by atoms with Gasteiger partial charge in [-0.05, 0) is 63.1 Å². The molecule has 3 rings (SSSR count). The van der Waals surface area contributed by atoms with E-state index in [2.05, 4.69) is 10.2 Å². The number of aromatic carboxylic acids is 1. The number of nitrogens with one attached hydrogen (secondary N) is 1. The normalized spacial score (nSPS) is 14.9. The lowest BCUT2D eigenvalue weighted by Gasteiger charge is -2.32. The van der Waals surface area contributed by atoms with E-state index in [1.54, 1.807) is 6.07 Å². The topological polar surface area (TPSA) is 78.9 Å². The summed E-state index contributed by atoms with van der Waals surface area (Å²) < 4.78 is 6.13. The average molecular weight is 500 g/mol. The summed E-state index contributed by atoms with van der Waals surface area (Å²) in [6.07, 6.45) is 2.75. The molecule has 6 nitrogen and oxygen atoms in total. The van der Waals surface area contributed by atoms with E-state index in [-0.39, 0.29) is 28.2 Å². The molecule has 1 amide bonds. The lowest BCUT2D eigenvalue weighted by molar-refractivity contribution is 0.0697. The van der Waals surface area contributed by atoms with Crippen LogP contribution >= 0.6 is 34.8 Å². The molecular weight excluding hydrogens is 475 g/mol. The van der Waals surface area contributed by atoms with E-state index in [1.807, 2.05) is 13.0 Å². The Hall–Kier alpha value is -1.99. The van der Waals surface area contributed by atoms with Gasteiger partial charge in [-0.15, -0.1) is 0 Å². The summed E-state index contributed by atoms with van der Waals surface area (Å²) in [6, 6.07) is 7.84. The first-order valence-electron chi connectivity index (χ1n) is 10.4. The van der Waals surface area contributed by atoms with Gasteiger partial charge in [0.05, 0.1) is 20.6 Å². The molecule has 0 unspecified atom stereocenters.